The van der Waals surface area contributed by atoms with Gasteiger partial charge in [-0.3, -0.25) is 0 Å². The molecule has 2 unspecified atom stereocenters. The predicted molar refractivity (Wildman–Crippen MR) is 63.3 cm³/mol. The molecule has 2 N–H and O–H groups in total. The lowest BCUT2D eigenvalue weighted by Crippen LogP contribution is -2.43. The van der Waals surface area contributed by atoms with E-state index in [-0.39, 0.29) is 11.8 Å². The molecule has 0 saturated carbocycles. The van der Waals surface area contributed by atoms with Gasteiger partial charge in [-0.1, -0.05) is 12.1 Å². The van der Waals surface area contributed by atoms with E-state index in [4.69, 9.17) is 0 Å². The van der Waals surface area contributed by atoms with Gasteiger partial charge < -0.3 is 15.1 Å². The molecule has 88 valence electrons. The average molecular weight is 221 g/mol. The molecule has 0 spiro atoms. The minimum atomic E-state index is -0.848. The Morgan fingerprint density at radius 3 is 2.44 bits per heavy atom. The highest BCUT2D eigenvalue weighted by atomic mass is 16.3. The molecule has 0 aromatic heterocycles. The second kappa shape index (κ2) is 4.07. The lowest BCUT2D eigenvalue weighted by atomic mass is 9.87. The number of aliphatic hydroxyl groups is 1. The predicted octanol–water partition coefficient (Wildman–Crippen LogP) is 1.69. The summed E-state index contributed by atoms with van der Waals surface area (Å²) in [4.78, 5) is 2.20. The van der Waals surface area contributed by atoms with E-state index in [0.717, 1.165) is 24.9 Å². The highest BCUT2D eigenvalue weighted by molar-refractivity contribution is 5.30. The van der Waals surface area contributed by atoms with E-state index < -0.39 is 5.60 Å². The first-order valence-electron chi connectivity index (χ1n) is 5.74. The number of phenols is 1. The number of aromatic hydroxyl groups is 1. The average Bonchev–Trinajstić information content (AvgIpc) is 2.66. The first-order chi connectivity index (χ1) is 7.51. The number of benzene rings is 1. The third-order valence-corrected chi connectivity index (χ3v) is 3.62. The molecule has 1 saturated heterocycles. The molecule has 3 nitrogen and oxygen atoms in total. The van der Waals surface area contributed by atoms with Crippen molar-refractivity contribution in [2.24, 2.45) is 0 Å². The van der Waals surface area contributed by atoms with Crippen LogP contribution < -0.4 is 0 Å². The Hall–Kier alpha value is -1.06. The smallest absolute Gasteiger partial charge is 0.115 e. The molecular weight excluding hydrogens is 202 g/mol. The highest BCUT2D eigenvalue weighted by Gasteiger charge is 2.38. The summed E-state index contributed by atoms with van der Waals surface area (Å²) in [6, 6.07) is 7.00. The molecule has 2 rings (SSSR count). The zero-order valence-corrected chi connectivity index (χ0v) is 9.85. The van der Waals surface area contributed by atoms with E-state index in [1.54, 1.807) is 24.3 Å². The van der Waals surface area contributed by atoms with Gasteiger partial charge in [-0.25, -0.2) is 0 Å². The number of likely N-dealkylation sites (N-methyl/N-ethyl adjacent to an activating group) is 1. The van der Waals surface area contributed by atoms with Crippen molar-refractivity contribution >= 4 is 0 Å². The molecule has 3 heteroatoms. The summed E-state index contributed by atoms with van der Waals surface area (Å²) in [6.07, 6.45) is 2.15. The van der Waals surface area contributed by atoms with Gasteiger partial charge in [-0.05, 0) is 51.1 Å². The van der Waals surface area contributed by atoms with Crippen LogP contribution in [0.1, 0.15) is 25.3 Å². The van der Waals surface area contributed by atoms with E-state index in [1.165, 1.54) is 0 Å². The van der Waals surface area contributed by atoms with Crippen LogP contribution >= 0.6 is 0 Å². The summed E-state index contributed by atoms with van der Waals surface area (Å²) in [5, 5.41) is 19.9. The van der Waals surface area contributed by atoms with Crippen molar-refractivity contribution in [3.8, 4) is 5.75 Å². The second-order valence-corrected chi connectivity index (χ2v) is 4.83. The molecular formula is C13H19NO2. The quantitative estimate of drug-likeness (QED) is 0.798. The van der Waals surface area contributed by atoms with Gasteiger partial charge >= 0.3 is 0 Å². The first kappa shape index (κ1) is 11.4. The van der Waals surface area contributed by atoms with Crippen LogP contribution in [-0.4, -0.2) is 34.7 Å². The van der Waals surface area contributed by atoms with Gasteiger partial charge in [0, 0.05) is 6.04 Å². The third-order valence-electron chi connectivity index (χ3n) is 3.62. The van der Waals surface area contributed by atoms with Gasteiger partial charge in [0.1, 0.15) is 11.4 Å². The zero-order chi connectivity index (χ0) is 11.8. The van der Waals surface area contributed by atoms with Gasteiger partial charge in [0.2, 0.25) is 0 Å². The molecule has 16 heavy (non-hydrogen) atoms. The van der Waals surface area contributed by atoms with Crippen LogP contribution in [0.4, 0.5) is 0 Å². The van der Waals surface area contributed by atoms with E-state index in [0.29, 0.717) is 0 Å². The van der Waals surface area contributed by atoms with Crippen LogP contribution in [0.25, 0.3) is 0 Å². The van der Waals surface area contributed by atoms with Crippen LogP contribution in [0.2, 0.25) is 0 Å². The van der Waals surface area contributed by atoms with Crippen LogP contribution in [-0.2, 0) is 5.60 Å². The molecule has 0 radical (unpaired) electrons. The molecule has 0 aliphatic carbocycles. The maximum Gasteiger partial charge on any atom is 0.115 e. The summed E-state index contributed by atoms with van der Waals surface area (Å²) in [5.41, 5.74) is 0.0166. The minimum absolute atomic E-state index is 0.164. The fourth-order valence-electron chi connectivity index (χ4n) is 2.61. The monoisotopic (exact) mass is 221 g/mol. The summed E-state index contributed by atoms with van der Waals surface area (Å²) in [7, 11) is 2.05. The van der Waals surface area contributed by atoms with E-state index in [1.807, 2.05) is 14.0 Å². The van der Waals surface area contributed by atoms with Crippen LogP contribution in [0, 0.1) is 0 Å². The molecule has 0 amide bonds. The van der Waals surface area contributed by atoms with Gasteiger partial charge in [0.25, 0.3) is 0 Å². The number of phenolic OH excluding ortho intramolecular Hbond substituents is 1. The number of hydrogen-bond donors (Lipinski definition) is 2. The Balaban J connectivity index is 2.27. The topological polar surface area (TPSA) is 43.7 Å². The van der Waals surface area contributed by atoms with Crippen molar-refractivity contribution in [2.45, 2.75) is 31.4 Å². The molecule has 1 fully saturated rings. The maximum atomic E-state index is 10.6. The highest BCUT2D eigenvalue weighted by Crippen LogP contribution is 2.34. The van der Waals surface area contributed by atoms with Crippen LogP contribution in [0.5, 0.6) is 5.75 Å². The van der Waals surface area contributed by atoms with Gasteiger partial charge in [0.15, 0.2) is 0 Å². The minimum Gasteiger partial charge on any atom is -0.508 e. The summed E-state index contributed by atoms with van der Waals surface area (Å²) >= 11 is 0. The standard InChI is InChI=1S/C13H19NO2/c1-13(16,12-4-3-9-14(12)2)10-5-7-11(15)8-6-10/h5-8,12,15-16H,3-4,9H2,1-2H3. The van der Waals surface area contributed by atoms with Crippen molar-refractivity contribution in [3.63, 3.8) is 0 Å². The van der Waals surface area contributed by atoms with Crippen molar-refractivity contribution in [3.05, 3.63) is 29.8 Å². The molecule has 2 atom stereocenters. The Morgan fingerprint density at radius 1 is 1.31 bits per heavy atom. The van der Waals surface area contributed by atoms with E-state index >= 15 is 0 Å². The Kier molecular flexibility index (Phi) is 2.91. The molecule has 1 aliphatic rings. The number of rotatable bonds is 2. The number of hydrogen-bond acceptors (Lipinski definition) is 3. The van der Waals surface area contributed by atoms with E-state index in [2.05, 4.69) is 4.90 Å². The molecule has 1 aromatic carbocycles. The number of likely N-dealkylation sites (tertiary alicyclic amines) is 1. The van der Waals surface area contributed by atoms with E-state index in [9.17, 15) is 10.2 Å². The molecule has 1 aliphatic heterocycles. The van der Waals surface area contributed by atoms with Crippen molar-refractivity contribution in [2.75, 3.05) is 13.6 Å². The summed E-state index contributed by atoms with van der Waals surface area (Å²) < 4.78 is 0. The van der Waals surface area contributed by atoms with Gasteiger partial charge in [0.05, 0.1) is 0 Å². The largest absolute Gasteiger partial charge is 0.508 e. The Labute approximate surface area is 96.3 Å². The van der Waals surface area contributed by atoms with Crippen molar-refractivity contribution in [1.29, 1.82) is 0 Å². The first-order valence-corrected chi connectivity index (χ1v) is 5.74. The van der Waals surface area contributed by atoms with Gasteiger partial charge in [-0.2, -0.15) is 0 Å². The van der Waals surface area contributed by atoms with Crippen LogP contribution in [0.15, 0.2) is 24.3 Å². The fourth-order valence-corrected chi connectivity index (χ4v) is 2.61. The van der Waals surface area contributed by atoms with Crippen LogP contribution in [0.3, 0.4) is 0 Å². The third kappa shape index (κ3) is 1.93. The number of nitrogens with zero attached hydrogens (tertiary/aromatic N) is 1. The summed E-state index contributed by atoms with van der Waals surface area (Å²) in [5.74, 6) is 0.235. The van der Waals surface area contributed by atoms with Gasteiger partial charge in [-0.15, -0.1) is 0 Å². The fraction of sp³-hybridized carbons (Fsp3) is 0.538. The second-order valence-electron chi connectivity index (χ2n) is 4.83. The van der Waals surface area contributed by atoms with Crippen molar-refractivity contribution < 1.29 is 10.2 Å². The Bertz CT molecular complexity index is 359. The summed E-state index contributed by atoms with van der Waals surface area (Å²) in [6.45, 7) is 2.89. The zero-order valence-electron chi connectivity index (χ0n) is 9.85. The molecule has 0 bridgehead atoms. The lowest BCUT2D eigenvalue weighted by molar-refractivity contribution is -0.0153. The SMILES string of the molecule is CN1CCCC1C(C)(O)c1ccc(O)cc1. The Morgan fingerprint density at radius 2 is 1.94 bits per heavy atom. The molecule has 1 heterocycles. The lowest BCUT2D eigenvalue weighted by Gasteiger charge is -2.35. The maximum absolute atomic E-state index is 10.6. The van der Waals surface area contributed by atoms with Crippen molar-refractivity contribution in [1.82, 2.24) is 4.90 Å². The molecule has 1 aromatic rings. The normalized spacial score (nSPS) is 25.6.